The van der Waals surface area contributed by atoms with Gasteiger partial charge in [0, 0.05) is 19.6 Å². The van der Waals surface area contributed by atoms with Gasteiger partial charge in [-0.15, -0.1) is 0 Å². The molecular weight excluding hydrogens is 322 g/mol. The fraction of sp³-hybridized carbons (Fsp3) is 0.273. The Balaban J connectivity index is 1.93. The fourth-order valence-corrected chi connectivity index (χ4v) is 3.12. The van der Waals surface area contributed by atoms with Gasteiger partial charge in [-0.2, -0.15) is 5.10 Å². The summed E-state index contributed by atoms with van der Waals surface area (Å²) in [6.07, 6.45) is 0. The predicted molar refractivity (Wildman–Crippen MR) is 104 cm³/mol. The van der Waals surface area contributed by atoms with Gasteiger partial charge in [-0.25, -0.2) is 0 Å². The van der Waals surface area contributed by atoms with Crippen LogP contribution in [-0.2, 0) is 19.6 Å². The first-order chi connectivity index (χ1) is 12.6. The highest BCUT2D eigenvalue weighted by Gasteiger charge is 2.21. The number of aryl methyl sites for hydroxylation is 3. The third-order valence-corrected chi connectivity index (χ3v) is 4.55. The molecule has 0 spiro atoms. The molecule has 26 heavy (non-hydrogen) atoms. The van der Waals surface area contributed by atoms with Crippen molar-refractivity contribution in [2.45, 2.75) is 40.4 Å². The van der Waals surface area contributed by atoms with E-state index < -0.39 is 0 Å². The zero-order chi connectivity index (χ0) is 18.5. The first-order valence-corrected chi connectivity index (χ1v) is 9.00. The molecule has 0 unspecified atom stereocenters. The second kappa shape index (κ2) is 8.00. The van der Waals surface area contributed by atoms with Crippen LogP contribution in [0.3, 0.4) is 0 Å². The van der Waals surface area contributed by atoms with E-state index >= 15 is 0 Å². The van der Waals surface area contributed by atoms with Crippen LogP contribution in [0.15, 0.2) is 60.7 Å². The van der Waals surface area contributed by atoms with E-state index in [0.717, 1.165) is 16.8 Å². The molecule has 0 aliphatic rings. The van der Waals surface area contributed by atoms with Crippen molar-refractivity contribution in [1.82, 2.24) is 14.7 Å². The first kappa shape index (κ1) is 17.9. The average molecular weight is 347 g/mol. The summed E-state index contributed by atoms with van der Waals surface area (Å²) in [7, 11) is 0. The summed E-state index contributed by atoms with van der Waals surface area (Å²) in [5, 5.41) is 4.43. The minimum absolute atomic E-state index is 0.0135. The van der Waals surface area contributed by atoms with E-state index in [1.807, 2.05) is 55.1 Å². The zero-order valence-electron chi connectivity index (χ0n) is 15.6. The molecule has 0 N–H and O–H groups in total. The van der Waals surface area contributed by atoms with Gasteiger partial charge in [0.1, 0.15) is 5.69 Å². The average Bonchev–Trinajstić information content (AvgIpc) is 3.04. The fourth-order valence-electron chi connectivity index (χ4n) is 3.12. The van der Waals surface area contributed by atoms with Crippen LogP contribution in [0.4, 0.5) is 0 Å². The van der Waals surface area contributed by atoms with Gasteiger partial charge in [0.05, 0.1) is 5.69 Å². The summed E-state index contributed by atoms with van der Waals surface area (Å²) >= 11 is 0. The Morgan fingerprint density at radius 2 is 1.69 bits per heavy atom. The quantitative estimate of drug-likeness (QED) is 0.664. The lowest BCUT2D eigenvalue weighted by atomic mass is 10.1. The molecule has 0 fully saturated rings. The molecule has 0 saturated heterocycles. The van der Waals surface area contributed by atoms with Crippen LogP contribution in [-0.4, -0.2) is 20.6 Å². The second-order valence-corrected chi connectivity index (χ2v) is 6.56. The van der Waals surface area contributed by atoms with Crippen LogP contribution in [0.5, 0.6) is 0 Å². The van der Waals surface area contributed by atoms with Gasteiger partial charge in [-0.3, -0.25) is 9.48 Å². The molecule has 0 bridgehead atoms. The summed E-state index contributed by atoms with van der Waals surface area (Å²) in [5.74, 6) is 0.0135. The third-order valence-electron chi connectivity index (χ3n) is 4.55. The largest absolute Gasteiger partial charge is 0.329 e. The van der Waals surface area contributed by atoms with Gasteiger partial charge in [-0.05, 0) is 43.5 Å². The molecule has 0 radical (unpaired) electrons. The summed E-state index contributed by atoms with van der Waals surface area (Å²) in [6.45, 7) is 7.84. The molecule has 3 rings (SSSR count). The summed E-state index contributed by atoms with van der Waals surface area (Å²) in [5.41, 5.74) is 4.99. The molecule has 1 heterocycles. The summed E-state index contributed by atoms with van der Waals surface area (Å²) in [6, 6.07) is 20.2. The van der Waals surface area contributed by atoms with Gasteiger partial charge in [-0.1, -0.05) is 54.6 Å². The number of aromatic nitrogens is 2. The molecule has 3 aromatic rings. The van der Waals surface area contributed by atoms with E-state index in [1.165, 1.54) is 5.56 Å². The van der Waals surface area contributed by atoms with Crippen molar-refractivity contribution in [1.29, 1.82) is 0 Å². The molecule has 0 atom stereocenters. The molecule has 2 aromatic carbocycles. The van der Waals surface area contributed by atoms with E-state index in [-0.39, 0.29) is 5.91 Å². The molecule has 0 saturated carbocycles. The van der Waals surface area contributed by atoms with Crippen LogP contribution in [0.2, 0.25) is 0 Å². The Morgan fingerprint density at radius 1 is 1.00 bits per heavy atom. The Morgan fingerprint density at radius 3 is 2.38 bits per heavy atom. The first-order valence-electron chi connectivity index (χ1n) is 9.00. The van der Waals surface area contributed by atoms with Crippen molar-refractivity contribution in [2.75, 3.05) is 0 Å². The monoisotopic (exact) mass is 347 g/mol. The standard InChI is InChI=1S/C22H25N3O/c1-4-25-21(14-18(3)23-25)22(26)24(15-19-11-6-5-7-12-19)16-20-13-9-8-10-17(20)2/h5-14H,4,15-16H2,1-3H3. The number of hydrogen-bond acceptors (Lipinski definition) is 2. The molecule has 0 aliphatic carbocycles. The molecule has 1 amide bonds. The minimum atomic E-state index is 0.0135. The van der Waals surface area contributed by atoms with Gasteiger partial charge in [0.2, 0.25) is 0 Å². The molecular formula is C22H25N3O. The van der Waals surface area contributed by atoms with Crippen LogP contribution >= 0.6 is 0 Å². The summed E-state index contributed by atoms with van der Waals surface area (Å²) < 4.78 is 1.79. The van der Waals surface area contributed by atoms with Crippen molar-refractivity contribution < 1.29 is 4.79 Å². The maximum atomic E-state index is 13.3. The van der Waals surface area contributed by atoms with E-state index in [2.05, 4.69) is 36.3 Å². The molecule has 4 heteroatoms. The van der Waals surface area contributed by atoms with Gasteiger partial charge in [0.25, 0.3) is 5.91 Å². The molecule has 4 nitrogen and oxygen atoms in total. The zero-order valence-corrected chi connectivity index (χ0v) is 15.6. The van der Waals surface area contributed by atoms with Crippen molar-refractivity contribution in [3.05, 3.63) is 88.7 Å². The number of carbonyl (C=O) groups is 1. The minimum Gasteiger partial charge on any atom is -0.329 e. The normalized spacial score (nSPS) is 10.7. The van der Waals surface area contributed by atoms with E-state index in [0.29, 0.717) is 25.3 Å². The Labute approximate surface area is 155 Å². The third kappa shape index (κ3) is 4.02. The van der Waals surface area contributed by atoms with Crippen LogP contribution < -0.4 is 0 Å². The molecule has 0 aliphatic heterocycles. The maximum absolute atomic E-state index is 13.3. The van der Waals surface area contributed by atoms with E-state index in [9.17, 15) is 4.79 Å². The van der Waals surface area contributed by atoms with Crippen molar-refractivity contribution in [3.8, 4) is 0 Å². The van der Waals surface area contributed by atoms with Gasteiger partial charge in [0.15, 0.2) is 0 Å². The number of hydrogen-bond donors (Lipinski definition) is 0. The molecule has 1 aromatic heterocycles. The topological polar surface area (TPSA) is 38.1 Å². The highest BCUT2D eigenvalue weighted by Crippen LogP contribution is 2.17. The number of carbonyl (C=O) groups excluding carboxylic acids is 1. The maximum Gasteiger partial charge on any atom is 0.272 e. The Hall–Kier alpha value is -2.88. The number of rotatable bonds is 6. The van der Waals surface area contributed by atoms with Gasteiger partial charge >= 0.3 is 0 Å². The van der Waals surface area contributed by atoms with Crippen LogP contribution in [0, 0.1) is 13.8 Å². The predicted octanol–water partition coefficient (Wildman–Crippen LogP) is 4.36. The Kier molecular flexibility index (Phi) is 5.52. The lowest BCUT2D eigenvalue weighted by Gasteiger charge is -2.24. The highest BCUT2D eigenvalue weighted by molar-refractivity contribution is 5.92. The molecule has 134 valence electrons. The number of benzene rings is 2. The Bertz CT molecular complexity index is 883. The highest BCUT2D eigenvalue weighted by atomic mass is 16.2. The summed E-state index contributed by atoms with van der Waals surface area (Å²) in [4.78, 5) is 15.2. The van der Waals surface area contributed by atoms with Gasteiger partial charge < -0.3 is 4.90 Å². The number of nitrogens with zero attached hydrogens (tertiary/aromatic N) is 3. The second-order valence-electron chi connectivity index (χ2n) is 6.56. The van der Waals surface area contributed by atoms with E-state index in [1.54, 1.807) is 4.68 Å². The lowest BCUT2D eigenvalue weighted by Crippen LogP contribution is -2.32. The van der Waals surface area contributed by atoms with Crippen molar-refractivity contribution >= 4 is 5.91 Å². The number of amides is 1. The SMILES string of the molecule is CCn1nc(C)cc1C(=O)N(Cc1ccccc1)Cc1ccccc1C. The van der Waals surface area contributed by atoms with Crippen molar-refractivity contribution in [3.63, 3.8) is 0 Å². The van der Waals surface area contributed by atoms with E-state index in [4.69, 9.17) is 0 Å². The van der Waals surface area contributed by atoms with Crippen LogP contribution in [0.1, 0.15) is 39.8 Å². The smallest absolute Gasteiger partial charge is 0.272 e. The van der Waals surface area contributed by atoms with Crippen LogP contribution in [0.25, 0.3) is 0 Å². The van der Waals surface area contributed by atoms with Crippen molar-refractivity contribution in [2.24, 2.45) is 0 Å². The lowest BCUT2D eigenvalue weighted by molar-refractivity contribution is 0.0717.